The fraction of sp³-hybridized carbons (Fsp3) is 0.600. The van der Waals surface area contributed by atoms with Gasteiger partial charge in [0, 0.05) is 30.7 Å². The molecule has 0 saturated carbocycles. The topological polar surface area (TPSA) is 59.1 Å². The number of likely N-dealkylation sites (N-methyl/N-ethyl adjacent to an activating group) is 1. The average Bonchev–Trinajstić information content (AvgIpc) is 2.59. The number of likely N-dealkylation sites (tertiary alicyclic amines) is 1. The number of halogens is 1. The highest BCUT2D eigenvalue weighted by Gasteiger charge is 2.36. The minimum Gasteiger partial charge on any atom is -0.496 e. The molecule has 0 spiro atoms. The zero-order valence-electron chi connectivity index (χ0n) is 16.8. The number of methoxy groups -OCH3 is 1. The molecule has 2 rings (SSSR count). The number of benzene rings is 1. The standard InChI is InChI=1S/C20H29ClN2O4/c1-20(2,3)27-19(25)23-11-7-6-8-16(23)18(24)22(4)13-14-12-15(21)9-10-17(14)26-5/h9-10,12,16H,6-8,11,13H2,1-5H3. The molecule has 1 aromatic rings. The molecule has 1 fully saturated rings. The first-order chi connectivity index (χ1) is 12.6. The fourth-order valence-corrected chi connectivity index (χ4v) is 3.38. The molecular formula is C20H29ClN2O4. The molecule has 1 atom stereocenters. The maximum Gasteiger partial charge on any atom is 0.410 e. The second kappa shape index (κ2) is 8.83. The van der Waals surface area contributed by atoms with Gasteiger partial charge >= 0.3 is 6.09 Å². The van der Waals surface area contributed by atoms with Gasteiger partial charge in [-0.3, -0.25) is 9.69 Å². The molecule has 2 amide bonds. The van der Waals surface area contributed by atoms with Crippen molar-refractivity contribution >= 4 is 23.6 Å². The van der Waals surface area contributed by atoms with Crippen LogP contribution in [0.25, 0.3) is 0 Å². The van der Waals surface area contributed by atoms with E-state index < -0.39 is 17.7 Å². The van der Waals surface area contributed by atoms with Crippen molar-refractivity contribution in [1.29, 1.82) is 0 Å². The van der Waals surface area contributed by atoms with Crippen LogP contribution in [0, 0.1) is 0 Å². The Labute approximate surface area is 166 Å². The predicted octanol–water partition coefficient (Wildman–Crippen LogP) is 4.10. The quantitative estimate of drug-likeness (QED) is 0.768. The molecule has 1 aromatic carbocycles. The van der Waals surface area contributed by atoms with Gasteiger partial charge < -0.3 is 14.4 Å². The Kier molecular flexibility index (Phi) is 6.98. The summed E-state index contributed by atoms with van der Waals surface area (Å²) in [6, 6.07) is 4.81. The minimum atomic E-state index is -0.595. The van der Waals surface area contributed by atoms with Crippen molar-refractivity contribution in [3.8, 4) is 5.75 Å². The van der Waals surface area contributed by atoms with Gasteiger partial charge in [0.05, 0.1) is 7.11 Å². The predicted molar refractivity (Wildman–Crippen MR) is 105 cm³/mol. The zero-order valence-corrected chi connectivity index (χ0v) is 17.5. The van der Waals surface area contributed by atoms with Crippen LogP contribution in [-0.2, 0) is 16.1 Å². The Morgan fingerprint density at radius 2 is 2.00 bits per heavy atom. The Morgan fingerprint density at radius 3 is 2.63 bits per heavy atom. The van der Waals surface area contributed by atoms with Gasteiger partial charge in [-0.2, -0.15) is 0 Å². The van der Waals surface area contributed by atoms with Crippen LogP contribution in [0.1, 0.15) is 45.6 Å². The highest BCUT2D eigenvalue weighted by Crippen LogP contribution is 2.26. The number of amides is 2. The number of carbonyl (C=O) groups excluding carboxylic acids is 2. The number of rotatable bonds is 4. The lowest BCUT2D eigenvalue weighted by molar-refractivity contribution is -0.137. The first-order valence-electron chi connectivity index (χ1n) is 9.19. The van der Waals surface area contributed by atoms with Crippen molar-refractivity contribution in [2.75, 3.05) is 20.7 Å². The third kappa shape index (κ3) is 5.76. The van der Waals surface area contributed by atoms with Gasteiger partial charge in [0.1, 0.15) is 17.4 Å². The number of ether oxygens (including phenoxy) is 2. The van der Waals surface area contributed by atoms with Gasteiger partial charge in [-0.1, -0.05) is 11.6 Å². The van der Waals surface area contributed by atoms with Gasteiger partial charge in [0.15, 0.2) is 0 Å². The number of carbonyl (C=O) groups is 2. The van der Waals surface area contributed by atoms with Crippen LogP contribution in [-0.4, -0.2) is 54.1 Å². The molecule has 1 aliphatic heterocycles. The lowest BCUT2D eigenvalue weighted by Gasteiger charge is -2.37. The van der Waals surface area contributed by atoms with Crippen LogP contribution in [0.5, 0.6) is 5.75 Å². The second-order valence-corrected chi connectivity index (χ2v) is 8.27. The van der Waals surface area contributed by atoms with E-state index in [1.54, 1.807) is 42.2 Å². The zero-order chi connectivity index (χ0) is 20.2. The third-order valence-corrected chi connectivity index (χ3v) is 4.68. The van der Waals surface area contributed by atoms with Gasteiger partial charge in [-0.05, 0) is 58.2 Å². The van der Waals surface area contributed by atoms with Crippen LogP contribution in [0.15, 0.2) is 18.2 Å². The van der Waals surface area contributed by atoms with Crippen LogP contribution in [0.4, 0.5) is 4.79 Å². The molecule has 0 aliphatic carbocycles. The molecule has 0 N–H and O–H groups in total. The van der Waals surface area contributed by atoms with Crippen LogP contribution in [0.2, 0.25) is 5.02 Å². The Bertz CT molecular complexity index is 687. The van der Waals surface area contributed by atoms with E-state index in [4.69, 9.17) is 21.1 Å². The normalized spacial score (nSPS) is 17.4. The van der Waals surface area contributed by atoms with Gasteiger partial charge in [-0.15, -0.1) is 0 Å². The van der Waals surface area contributed by atoms with E-state index in [1.165, 1.54) is 0 Å². The summed E-state index contributed by atoms with van der Waals surface area (Å²) in [5, 5.41) is 0.583. The molecule has 6 nitrogen and oxygen atoms in total. The van der Waals surface area contributed by atoms with E-state index in [2.05, 4.69) is 0 Å². The van der Waals surface area contributed by atoms with E-state index in [1.807, 2.05) is 20.8 Å². The summed E-state index contributed by atoms with van der Waals surface area (Å²) >= 11 is 6.08. The van der Waals surface area contributed by atoms with Crippen LogP contribution in [0.3, 0.4) is 0 Å². The lowest BCUT2D eigenvalue weighted by Crippen LogP contribution is -2.53. The summed E-state index contributed by atoms with van der Waals surface area (Å²) in [7, 11) is 3.31. The number of nitrogens with zero attached hydrogens (tertiary/aromatic N) is 2. The SMILES string of the molecule is COc1ccc(Cl)cc1CN(C)C(=O)C1CCCCN1C(=O)OC(C)(C)C. The molecule has 1 unspecified atom stereocenters. The molecular weight excluding hydrogens is 368 g/mol. The summed E-state index contributed by atoms with van der Waals surface area (Å²) < 4.78 is 10.8. The van der Waals surface area contributed by atoms with Gasteiger partial charge in [0.25, 0.3) is 0 Å². The molecule has 27 heavy (non-hydrogen) atoms. The molecule has 1 saturated heterocycles. The first-order valence-corrected chi connectivity index (χ1v) is 9.57. The molecule has 0 bridgehead atoms. The first kappa shape index (κ1) is 21.4. The van der Waals surface area contributed by atoms with E-state index >= 15 is 0 Å². The van der Waals surface area contributed by atoms with E-state index in [9.17, 15) is 9.59 Å². The summed E-state index contributed by atoms with van der Waals surface area (Å²) in [5.41, 5.74) is 0.225. The Hall–Kier alpha value is -1.95. The van der Waals surface area contributed by atoms with Crippen molar-refractivity contribution in [3.63, 3.8) is 0 Å². The Balaban J connectivity index is 2.13. The maximum absolute atomic E-state index is 13.1. The smallest absolute Gasteiger partial charge is 0.410 e. The minimum absolute atomic E-state index is 0.109. The fourth-order valence-electron chi connectivity index (χ4n) is 3.19. The van der Waals surface area contributed by atoms with Crippen molar-refractivity contribution in [1.82, 2.24) is 9.80 Å². The summed E-state index contributed by atoms with van der Waals surface area (Å²) in [6.45, 7) is 6.34. The van der Waals surface area contributed by atoms with Crippen molar-refractivity contribution in [2.45, 2.75) is 58.2 Å². The largest absolute Gasteiger partial charge is 0.496 e. The summed E-state index contributed by atoms with van der Waals surface area (Å²) in [4.78, 5) is 28.8. The molecule has 150 valence electrons. The van der Waals surface area contributed by atoms with Crippen molar-refractivity contribution in [3.05, 3.63) is 28.8 Å². The van der Waals surface area contributed by atoms with Crippen LogP contribution < -0.4 is 4.74 Å². The van der Waals surface area contributed by atoms with Crippen molar-refractivity contribution in [2.24, 2.45) is 0 Å². The summed E-state index contributed by atoms with van der Waals surface area (Å²) in [5.74, 6) is 0.564. The highest BCUT2D eigenvalue weighted by atomic mass is 35.5. The molecule has 0 aromatic heterocycles. The van der Waals surface area contributed by atoms with Crippen LogP contribution >= 0.6 is 11.6 Å². The number of hydrogen-bond donors (Lipinski definition) is 0. The lowest BCUT2D eigenvalue weighted by atomic mass is 10.0. The van der Waals surface area contributed by atoms with E-state index in [-0.39, 0.29) is 5.91 Å². The second-order valence-electron chi connectivity index (χ2n) is 7.84. The number of hydrogen-bond acceptors (Lipinski definition) is 4. The molecule has 7 heteroatoms. The van der Waals surface area contributed by atoms with Gasteiger partial charge in [-0.25, -0.2) is 4.79 Å². The maximum atomic E-state index is 13.1. The average molecular weight is 397 g/mol. The number of piperidine rings is 1. The molecule has 0 radical (unpaired) electrons. The van der Waals surface area contributed by atoms with Crippen molar-refractivity contribution < 1.29 is 19.1 Å². The Morgan fingerprint density at radius 1 is 1.30 bits per heavy atom. The monoisotopic (exact) mass is 396 g/mol. The van der Waals surface area contributed by atoms with E-state index in [0.717, 1.165) is 18.4 Å². The third-order valence-electron chi connectivity index (χ3n) is 4.44. The molecule has 1 heterocycles. The van der Waals surface area contributed by atoms with E-state index in [0.29, 0.717) is 30.3 Å². The highest BCUT2D eigenvalue weighted by molar-refractivity contribution is 6.30. The summed E-state index contributed by atoms with van der Waals surface area (Å²) in [6.07, 6.45) is 1.97. The van der Waals surface area contributed by atoms with Gasteiger partial charge in [0.2, 0.25) is 5.91 Å². The molecule has 1 aliphatic rings.